The lowest BCUT2D eigenvalue weighted by molar-refractivity contribution is 0.388. The third kappa shape index (κ3) is 2.31. The van der Waals surface area contributed by atoms with Crippen LogP contribution in [0.25, 0.3) is 6.08 Å². The molecule has 0 aliphatic heterocycles. The highest BCUT2D eigenvalue weighted by atomic mass is 19.1. The predicted octanol–water partition coefficient (Wildman–Crippen LogP) is 3.59. The van der Waals surface area contributed by atoms with E-state index in [9.17, 15) is 4.39 Å². The monoisotopic (exact) mass is 207 g/mol. The first kappa shape index (κ1) is 10.5. The van der Waals surface area contributed by atoms with Crippen LogP contribution in [0.1, 0.15) is 37.4 Å². The molecule has 15 heavy (non-hydrogen) atoms. The second-order valence-corrected chi connectivity index (χ2v) is 4.20. The van der Waals surface area contributed by atoms with E-state index in [1.165, 1.54) is 30.5 Å². The zero-order valence-corrected chi connectivity index (χ0v) is 9.25. The summed E-state index contributed by atoms with van der Waals surface area (Å²) >= 11 is 0. The molecule has 1 aromatic heterocycles. The molecule has 0 saturated heterocycles. The molecule has 1 nitrogen and oxygen atoms in total. The van der Waals surface area contributed by atoms with Crippen molar-refractivity contribution < 1.29 is 4.39 Å². The Labute approximate surface area is 90.6 Å². The summed E-state index contributed by atoms with van der Waals surface area (Å²) in [6.07, 6.45) is 9.07. The summed E-state index contributed by atoms with van der Waals surface area (Å²) in [6, 6.07) is 2.09. The molecule has 1 heterocycles. The van der Waals surface area contributed by atoms with E-state index in [1.54, 1.807) is 6.08 Å². The van der Waals surface area contributed by atoms with Crippen LogP contribution in [0.5, 0.6) is 0 Å². The van der Waals surface area contributed by atoms with Gasteiger partial charge in [-0.25, -0.2) is 4.39 Å². The summed E-state index contributed by atoms with van der Waals surface area (Å²) in [5, 5.41) is 0. The summed E-state index contributed by atoms with van der Waals surface area (Å²) in [5.74, 6) is 0. The fraction of sp³-hybridized carbons (Fsp3) is 0.538. The summed E-state index contributed by atoms with van der Waals surface area (Å²) in [4.78, 5) is 0. The van der Waals surface area contributed by atoms with Crippen LogP contribution >= 0.6 is 0 Å². The number of unbranched alkanes of at least 4 members (excludes halogenated alkanes) is 2. The zero-order chi connectivity index (χ0) is 10.7. The average Bonchev–Trinajstić information content (AvgIpc) is 2.62. The zero-order valence-electron chi connectivity index (χ0n) is 9.25. The van der Waals surface area contributed by atoms with E-state index in [-0.39, 0.29) is 0 Å². The van der Waals surface area contributed by atoms with Gasteiger partial charge in [-0.3, -0.25) is 0 Å². The Morgan fingerprint density at radius 2 is 2.33 bits per heavy atom. The smallest absolute Gasteiger partial charge is 0.124 e. The van der Waals surface area contributed by atoms with Crippen LogP contribution in [0.2, 0.25) is 0 Å². The molecule has 82 valence electrons. The molecular formula is C13H18FN. The van der Waals surface area contributed by atoms with Crippen molar-refractivity contribution in [3.05, 3.63) is 29.6 Å². The van der Waals surface area contributed by atoms with Crippen LogP contribution < -0.4 is 0 Å². The number of hydrogen-bond donors (Lipinski definition) is 0. The number of hydrogen-bond acceptors (Lipinski definition) is 0. The largest absolute Gasteiger partial charge is 0.351 e. The number of aryl methyl sites for hydroxylation is 1. The van der Waals surface area contributed by atoms with E-state index in [0.29, 0.717) is 6.42 Å². The third-order valence-corrected chi connectivity index (χ3v) is 2.99. The highest BCUT2D eigenvalue weighted by Gasteiger charge is 2.15. The van der Waals surface area contributed by atoms with Gasteiger partial charge in [-0.1, -0.05) is 25.8 Å². The molecule has 1 aliphatic carbocycles. The lowest BCUT2D eigenvalue weighted by atomic mass is 10.0. The number of alkyl halides is 1. The van der Waals surface area contributed by atoms with Gasteiger partial charge < -0.3 is 4.57 Å². The highest BCUT2D eigenvalue weighted by molar-refractivity contribution is 5.56. The highest BCUT2D eigenvalue weighted by Crippen LogP contribution is 2.22. The van der Waals surface area contributed by atoms with Crippen molar-refractivity contribution in [3.8, 4) is 0 Å². The van der Waals surface area contributed by atoms with Crippen LogP contribution in [-0.2, 0) is 13.0 Å². The average molecular weight is 207 g/mol. The SMILES string of the molecule is CCCCCn1ccc2c1CC(F)C=C2. The summed E-state index contributed by atoms with van der Waals surface area (Å²) in [5.41, 5.74) is 2.36. The van der Waals surface area contributed by atoms with Gasteiger partial charge in [0, 0.05) is 24.9 Å². The molecule has 0 radical (unpaired) electrons. The molecule has 0 bridgehead atoms. The number of fused-ring (bicyclic) bond motifs is 1. The van der Waals surface area contributed by atoms with Gasteiger partial charge >= 0.3 is 0 Å². The maximum Gasteiger partial charge on any atom is 0.124 e. The minimum atomic E-state index is -0.794. The van der Waals surface area contributed by atoms with E-state index in [4.69, 9.17) is 0 Å². The van der Waals surface area contributed by atoms with Crippen molar-refractivity contribution in [2.75, 3.05) is 0 Å². The van der Waals surface area contributed by atoms with E-state index >= 15 is 0 Å². The van der Waals surface area contributed by atoms with Crippen molar-refractivity contribution >= 4 is 6.08 Å². The second-order valence-electron chi connectivity index (χ2n) is 4.20. The third-order valence-electron chi connectivity index (χ3n) is 2.99. The maximum atomic E-state index is 13.2. The fourth-order valence-corrected chi connectivity index (χ4v) is 2.11. The van der Waals surface area contributed by atoms with Crippen molar-refractivity contribution in [1.82, 2.24) is 4.57 Å². The van der Waals surface area contributed by atoms with Crippen LogP contribution in [0.3, 0.4) is 0 Å². The van der Waals surface area contributed by atoms with Crippen molar-refractivity contribution in [2.24, 2.45) is 0 Å². The number of allylic oxidation sites excluding steroid dienone is 1. The molecule has 1 unspecified atom stereocenters. The van der Waals surface area contributed by atoms with Crippen LogP contribution in [0.4, 0.5) is 4.39 Å². The Morgan fingerprint density at radius 1 is 1.47 bits per heavy atom. The molecule has 1 atom stereocenters. The molecule has 0 spiro atoms. The van der Waals surface area contributed by atoms with Crippen molar-refractivity contribution in [1.29, 1.82) is 0 Å². The van der Waals surface area contributed by atoms with Gasteiger partial charge in [-0.05, 0) is 24.1 Å². The Hall–Kier alpha value is -1.05. The van der Waals surface area contributed by atoms with Gasteiger partial charge in [-0.2, -0.15) is 0 Å². The Balaban J connectivity index is 2.07. The van der Waals surface area contributed by atoms with Gasteiger partial charge in [0.15, 0.2) is 0 Å². The van der Waals surface area contributed by atoms with Crippen molar-refractivity contribution in [2.45, 2.75) is 45.3 Å². The van der Waals surface area contributed by atoms with Crippen LogP contribution in [0.15, 0.2) is 18.3 Å². The molecule has 0 amide bonds. The maximum absolute atomic E-state index is 13.2. The predicted molar refractivity (Wildman–Crippen MR) is 61.6 cm³/mol. The molecule has 1 aliphatic rings. The molecular weight excluding hydrogens is 189 g/mol. The Kier molecular flexibility index (Phi) is 3.24. The first-order chi connectivity index (χ1) is 7.31. The quantitative estimate of drug-likeness (QED) is 0.665. The number of nitrogens with zero attached hydrogens (tertiary/aromatic N) is 1. The molecule has 0 saturated carbocycles. The summed E-state index contributed by atoms with van der Waals surface area (Å²) in [6.45, 7) is 3.23. The van der Waals surface area contributed by atoms with E-state index in [0.717, 1.165) is 6.54 Å². The molecule has 0 aromatic carbocycles. The molecule has 0 N–H and O–H groups in total. The summed E-state index contributed by atoms with van der Waals surface area (Å²) < 4.78 is 15.4. The molecule has 1 aromatic rings. The Morgan fingerprint density at radius 3 is 3.13 bits per heavy atom. The van der Waals surface area contributed by atoms with Gasteiger partial charge in [-0.15, -0.1) is 0 Å². The first-order valence-electron chi connectivity index (χ1n) is 5.81. The minimum Gasteiger partial charge on any atom is -0.351 e. The fourth-order valence-electron chi connectivity index (χ4n) is 2.11. The minimum absolute atomic E-state index is 0.547. The lowest BCUT2D eigenvalue weighted by Gasteiger charge is -2.14. The van der Waals surface area contributed by atoms with Gasteiger partial charge in [0.2, 0.25) is 0 Å². The standard InChI is InChI=1S/C13H18FN/c1-2-3-4-8-15-9-7-11-5-6-12(14)10-13(11)15/h5-7,9,12H,2-4,8,10H2,1H3. The Bertz CT molecular complexity index is 351. The molecule has 0 fully saturated rings. The molecule has 2 rings (SSSR count). The van der Waals surface area contributed by atoms with Gasteiger partial charge in [0.25, 0.3) is 0 Å². The summed E-state index contributed by atoms with van der Waals surface area (Å²) in [7, 11) is 0. The number of halogens is 1. The van der Waals surface area contributed by atoms with Crippen LogP contribution in [0, 0.1) is 0 Å². The van der Waals surface area contributed by atoms with E-state index in [1.807, 2.05) is 6.08 Å². The van der Waals surface area contributed by atoms with Gasteiger partial charge in [0.05, 0.1) is 0 Å². The number of rotatable bonds is 4. The topological polar surface area (TPSA) is 4.93 Å². The molecule has 2 heteroatoms. The second kappa shape index (κ2) is 4.65. The normalized spacial score (nSPS) is 19.2. The van der Waals surface area contributed by atoms with Crippen molar-refractivity contribution in [3.63, 3.8) is 0 Å². The first-order valence-corrected chi connectivity index (χ1v) is 5.81. The van der Waals surface area contributed by atoms with E-state index in [2.05, 4.69) is 23.8 Å². The number of aromatic nitrogens is 1. The van der Waals surface area contributed by atoms with Crippen LogP contribution in [-0.4, -0.2) is 10.7 Å². The van der Waals surface area contributed by atoms with E-state index < -0.39 is 6.17 Å². The van der Waals surface area contributed by atoms with Gasteiger partial charge in [0.1, 0.15) is 6.17 Å². The lowest BCUT2D eigenvalue weighted by Crippen LogP contribution is -2.11.